The fourth-order valence-electron chi connectivity index (χ4n) is 2.93. The maximum atomic E-state index is 12.3. The van der Waals surface area contributed by atoms with Gasteiger partial charge in [0.05, 0.1) is 0 Å². The molecule has 1 aliphatic heterocycles. The van der Waals surface area contributed by atoms with Gasteiger partial charge in [-0.05, 0) is 51.8 Å². The summed E-state index contributed by atoms with van der Waals surface area (Å²) in [5.41, 5.74) is -0.162. The number of phenols is 1. The number of rotatable bonds is 5. The van der Waals surface area contributed by atoms with E-state index in [1.165, 1.54) is 12.1 Å². The third-order valence-electron chi connectivity index (χ3n) is 4.30. The molecule has 0 bridgehead atoms. The smallest absolute Gasteiger partial charge is 0.407 e. The topological polar surface area (TPSA) is 108 Å². The van der Waals surface area contributed by atoms with Crippen molar-refractivity contribution in [3.05, 3.63) is 29.8 Å². The highest BCUT2D eigenvalue weighted by molar-refractivity contribution is 5.94. The number of hydrogen-bond acceptors (Lipinski definition) is 5. The first-order valence-corrected chi connectivity index (χ1v) is 9.48. The first-order chi connectivity index (χ1) is 13.1. The Bertz CT molecular complexity index is 706. The SMILES string of the molecule is CC(C)(C)OC(=O)NCCC(=O)N1CCC(NC(=O)c2cccc(O)c2)CC1. The zero-order chi connectivity index (χ0) is 20.7. The Kier molecular flexibility index (Phi) is 7.25. The Balaban J connectivity index is 1.69. The zero-order valence-electron chi connectivity index (χ0n) is 16.7. The molecule has 0 aliphatic carbocycles. The monoisotopic (exact) mass is 391 g/mol. The van der Waals surface area contributed by atoms with Gasteiger partial charge in [-0.2, -0.15) is 0 Å². The minimum atomic E-state index is -0.571. The molecule has 0 aromatic heterocycles. The van der Waals surface area contributed by atoms with E-state index in [9.17, 15) is 19.5 Å². The van der Waals surface area contributed by atoms with E-state index in [-0.39, 0.29) is 36.6 Å². The Labute approximate surface area is 165 Å². The van der Waals surface area contributed by atoms with Gasteiger partial charge < -0.3 is 25.4 Å². The van der Waals surface area contributed by atoms with Crippen molar-refractivity contribution in [2.75, 3.05) is 19.6 Å². The van der Waals surface area contributed by atoms with Crippen molar-refractivity contribution in [3.8, 4) is 5.75 Å². The molecule has 1 aromatic rings. The van der Waals surface area contributed by atoms with Gasteiger partial charge in [-0.3, -0.25) is 9.59 Å². The number of hydrogen-bond donors (Lipinski definition) is 3. The van der Waals surface area contributed by atoms with Crippen LogP contribution in [0.1, 0.15) is 50.4 Å². The number of benzene rings is 1. The Morgan fingerprint density at radius 3 is 2.50 bits per heavy atom. The normalized spacial score (nSPS) is 15.0. The highest BCUT2D eigenvalue weighted by Crippen LogP contribution is 2.14. The van der Waals surface area contributed by atoms with E-state index in [0.29, 0.717) is 31.5 Å². The molecule has 2 rings (SSSR count). The number of carbonyl (C=O) groups excluding carboxylic acids is 3. The van der Waals surface area contributed by atoms with E-state index < -0.39 is 11.7 Å². The van der Waals surface area contributed by atoms with E-state index in [4.69, 9.17) is 4.74 Å². The number of carbonyl (C=O) groups is 3. The molecule has 3 amide bonds. The molecule has 0 unspecified atom stereocenters. The first-order valence-electron chi connectivity index (χ1n) is 9.48. The number of aromatic hydroxyl groups is 1. The van der Waals surface area contributed by atoms with Gasteiger partial charge in [0, 0.05) is 37.7 Å². The summed E-state index contributed by atoms with van der Waals surface area (Å²) in [4.78, 5) is 37.8. The van der Waals surface area contributed by atoms with Crippen molar-refractivity contribution in [1.82, 2.24) is 15.5 Å². The molecule has 0 saturated carbocycles. The van der Waals surface area contributed by atoms with E-state index in [0.717, 1.165) is 0 Å². The minimum Gasteiger partial charge on any atom is -0.508 e. The van der Waals surface area contributed by atoms with Crippen LogP contribution in [0.5, 0.6) is 5.75 Å². The maximum Gasteiger partial charge on any atom is 0.407 e. The molecule has 0 spiro atoms. The second-order valence-electron chi connectivity index (χ2n) is 7.86. The largest absolute Gasteiger partial charge is 0.508 e. The van der Waals surface area contributed by atoms with Crippen LogP contribution in [0.25, 0.3) is 0 Å². The Morgan fingerprint density at radius 1 is 1.21 bits per heavy atom. The lowest BCUT2D eigenvalue weighted by Gasteiger charge is -2.32. The molecular formula is C20H29N3O5. The van der Waals surface area contributed by atoms with Crippen LogP contribution >= 0.6 is 0 Å². The Morgan fingerprint density at radius 2 is 1.89 bits per heavy atom. The third-order valence-corrected chi connectivity index (χ3v) is 4.30. The summed E-state index contributed by atoms with van der Waals surface area (Å²) in [6.07, 6.45) is 0.999. The molecule has 0 radical (unpaired) electrons. The van der Waals surface area contributed by atoms with Gasteiger partial charge in [-0.25, -0.2) is 4.79 Å². The predicted octanol–water partition coefficient (Wildman–Crippen LogP) is 2.03. The number of likely N-dealkylation sites (tertiary alicyclic amines) is 1. The van der Waals surface area contributed by atoms with Crippen molar-refractivity contribution in [2.45, 2.75) is 51.7 Å². The van der Waals surface area contributed by atoms with Gasteiger partial charge in [0.15, 0.2) is 0 Å². The summed E-state index contributed by atoms with van der Waals surface area (Å²) in [5.74, 6) is -0.218. The fourth-order valence-corrected chi connectivity index (χ4v) is 2.93. The minimum absolute atomic E-state index is 0.0150. The van der Waals surface area contributed by atoms with E-state index >= 15 is 0 Å². The number of phenolic OH excluding ortho intramolecular Hbond substituents is 1. The predicted molar refractivity (Wildman–Crippen MR) is 104 cm³/mol. The maximum absolute atomic E-state index is 12.3. The van der Waals surface area contributed by atoms with Gasteiger partial charge in [0.1, 0.15) is 11.4 Å². The third kappa shape index (κ3) is 7.09. The molecule has 154 valence electrons. The molecule has 1 aliphatic rings. The number of ether oxygens (including phenoxy) is 1. The van der Waals surface area contributed by atoms with E-state index in [1.54, 1.807) is 37.8 Å². The summed E-state index contributed by atoms with van der Waals surface area (Å²) in [7, 11) is 0. The molecular weight excluding hydrogens is 362 g/mol. The second kappa shape index (κ2) is 9.43. The molecule has 8 nitrogen and oxygen atoms in total. The van der Waals surface area contributed by atoms with Crippen LogP contribution in [0.4, 0.5) is 4.79 Å². The summed E-state index contributed by atoms with van der Waals surface area (Å²) in [6.45, 7) is 6.66. The van der Waals surface area contributed by atoms with Crippen LogP contribution in [0, 0.1) is 0 Å². The zero-order valence-corrected chi connectivity index (χ0v) is 16.7. The molecule has 28 heavy (non-hydrogen) atoms. The van der Waals surface area contributed by atoms with Crippen molar-refractivity contribution in [3.63, 3.8) is 0 Å². The highest BCUT2D eigenvalue weighted by Gasteiger charge is 2.24. The second-order valence-corrected chi connectivity index (χ2v) is 7.86. The van der Waals surface area contributed by atoms with E-state index in [1.807, 2.05) is 0 Å². The lowest BCUT2D eigenvalue weighted by Crippen LogP contribution is -2.47. The molecule has 1 saturated heterocycles. The highest BCUT2D eigenvalue weighted by atomic mass is 16.6. The lowest BCUT2D eigenvalue weighted by molar-refractivity contribution is -0.132. The Hall–Kier alpha value is -2.77. The number of nitrogens with zero attached hydrogens (tertiary/aromatic N) is 1. The van der Waals surface area contributed by atoms with Crippen LogP contribution in [-0.4, -0.2) is 59.2 Å². The molecule has 0 atom stereocenters. The van der Waals surface area contributed by atoms with Crippen LogP contribution in [0.2, 0.25) is 0 Å². The molecule has 3 N–H and O–H groups in total. The number of alkyl carbamates (subject to hydrolysis) is 1. The number of piperidine rings is 1. The quantitative estimate of drug-likeness (QED) is 0.712. The lowest BCUT2D eigenvalue weighted by atomic mass is 10.0. The summed E-state index contributed by atoms with van der Waals surface area (Å²) in [5, 5.41) is 15.0. The molecule has 1 heterocycles. The number of nitrogens with one attached hydrogen (secondary N) is 2. The van der Waals surface area contributed by atoms with Gasteiger partial charge in [0.25, 0.3) is 5.91 Å². The van der Waals surface area contributed by atoms with Gasteiger partial charge in [-0.1, -0.05) is 6.07 Å². The van der Waals surface area contributed by atoms with Crippen LogP contribution in [0.15, 0.2) is 24.3 Å². The van der Waals surface area contributed by atoms with Gasteiger partial charge in [-0.15, -0.1) is 0 Å². The average Bonchev–Trinajstić information content (AvgIpc) is 2.60. The number of amides is 3. The fraction of sp³-hybridized carbons (Fsp3) is 0.550. The van der Waals surface area contributed by atoms with Gasteiger partial charge >= 0.3 is 6.09 Å². The first kappa shape index (κ1) is 21.5. The van der Waals surface area contributed by atoms with Crippen LogP contribution < -0.4 is 10.6 Å². The molecule has 8 heteroatoms. The standard InChI is InChI=1S/C20H29N3O5/c1-20(2,3)28-19(27)21-10-7-17(25)23-11-8-15(9-12-23)22-18(26)14-5-4-6-16(24)13-14/h4-6,13,15,24H,7-12H2,1-3H3,(H,21,27)(H,22,26). The summed E-state index contributed by atoms with van der Waals surface area (Å²) >= 11 is 0. The summed E-state index contributed by atoms with van der Waals surface area (Å²) < 4.78 is 5.13. The van der Waals surface area contributed by atoms with Crippen molar-refractivity contribution in [1.29, 1.82) is 0 Å². The van der Waals surface area contributed by atoms with Crippen LogP contribution in [-0.2, 0) is 9.53 Å². The van der Waals surface area contributed by atoms with E-state index in [2.05, 4.69) is 10.6 Å². The van der Waals surface area contributed by atoms with Gasteiger partial charge in [0.2, 0.25) is 5.91 Å². The molecule has 1 fully saturated rings. The van der Waals surface area contributed by atoms with Crippen molar-refractivity contribution >= 4 is 17.9 Å². The molecule has 1 aromatic carbocycles. The van der Waals surface area contributed by atoms with Crippen molar-refractivity contribution in [2.24, 2.45) is 0 Å². The average molecular weight is 391 g/mol. The van der Waals surface area contributed by atoms with Crippen LogP contribution in [0.3, 0.4) is 0 Å². The summed E-state index contributed by atoms with van der Waals surface area (Å²) in [6, 6.07) is 6.19. The van der Waals surface area contributed by atoms with Crippen molar-refractivity contribution < 1.29 is 24.2 Å².